The Hall–Kier alpha value is -2.14. The van der Waals surface area contributed by atoms with Crippen LogP contribution >= 0.6 is 0 Å². The molecule has 0 bridgehead atoms. The van der Waals surface area contributed by atoms with Gasteiger partial charge in [-0.25, -0.2) is 0 Å². The molecule has 1 amide bonds. The number of carbonyl (C=O) groups excluding carboxylic acids is 1. The third-order valence-electron chi connectivity index (χ3n) is 4.77. The van der Waals surface area contributed by atoms with Gasteiger partial charge in [-0.05, 0) is 31.4 Å². The van der Waals surface area contributed by atoms with Crippen LogP contribution in [0.2, 0.25) is 0 Å². The molecule has 2 heterocycles. The number of hydrogen-bond donors (Lipinski definition) is 0. The van der Waals surface area contributed by atoms with Crippen molar-refractivity contribution in [2.24, 2.45) is 13.0 Å². The molecular weight excluding hydrogens is 302 g/mol. The van der Waals surface area contributed by atoms with Crippen LogP contribution in [0.25, 0.3) is 0 Å². The maximum Gasteiger partial charge on any atom is 0.274 e. The predicted octanol–water partition coefficient (Wildman–Crippen LogP) is 2.45. The van der Waals surface area contributed by atoms with Crippen molar-refractivity contribution < 1.29 is 9.53 Å². The summed E-state index contributed by atoms with van der Waals surface area (Å²) in [6, 6.07) is 10.3. The number of aromatic nitrogens is 2. The van der Waals surface area contributed by atoms with Crippen molar-refractivity contribution in [3.05, 3.63) is 53.3 Å². The highest BCUT2D eigenvalue weighted by atomic mass is 16.5. The van der Waals surface area contributed by atoms with Gasteiger partial charge in [-0.3, -0.25) is 9.48 Å². The number of hydrogen-bond acceptors (Lipinski definition) is 3. The molecule has 0 N–H and O–H groups in total. The molecule has 1 saturated heterocycles. The Kier molecular flexibility index (Phi) is 5.00. The summed E-state index contributed by atoms with van der Waals surface area (Å²) in [6.45, 7) is 3.54. The summed E-state index contributed by atoms with van der Waals surface area (Å²) < 4.78 is 7.35. The number of methoxy groups -OCH3 is 1. The van der Waals surface area contributed by atoms with E-state index >= 15 is 0 Å². The lowest BCUT2D eigenvalue weighted by atomic mass is 9.88. The Morgan fingerprint density at radius 2 is 2.21 bits per heavy atom. The number of benzene rings is 1. The van der Waals surface area contributed by atoms with Gasteiger partial charge in [0.15, 0.2) is 0 Å². The molecular formula is C19H25N3O2. The summed E-state index contributed by atoms with van der Waals surface area (Å²) in [4.78, 5) is 14.6. The minimum absolute atomic E-state index is 0.0133. The molecule has 128 valence electrons. The fourth-order valence-electron chi connectivity index (χ4n) is 3.53. The van der Waals surface area contributed by atoms with E-state index in [2.05, 4.69) is 36.3 Å². The van der Waals surface area contributed by atoms with Gasteiger partial charge < -0.3 is 9.64 Å². The van der Waals surface area contributed by atoms with Crippen molar-refractivity contribution in [3.8, 4) is 0 Å². The van der Waals surface area contributed by atoms with E-state index in [1.165, 1.54) is 11.1 Å². The monoisotopic (exact) mass is 327 g/mol. The summed E-state index contributed by atoms with van der Waals surface area (Å²) in [6.07, 6.45) is 3.79. The molecule has 2 atom stereocenters. The fourth-order valence-corrected chi connectivity index (χ4v) is 3.53. The molecule has 0 aliphatic carbocycles. The molecule has 1 aliphatic heterocycles. The van der Waals surface area contributed by atoms with Crippen LogP contribution in [0, 0.1) is 12.8 Å². The van der Waals surface area contributed by atoms with E-state index in [0.29, 0.717) is 18.2 Å². The number of ether oxygens (including phenoxy) is 1. The standard InChI is InChI=1S/C19H25N3O2/c1-14-5-4-6-15(11-14)12-16-13-22(10-8-18(16)24-3)19(23)17-7-9-21(2)20-17/h4-7,9,11,16,18H,8,10,12-13H2,1-3H3/t16-,18+/m1/s1. The zero-order valence-corrected chi connectivity index (χ0v) is 14.6. The van der Waals surface area contributed by atoms with Crippen LogP contribution in [-0.4, -0.2) is 46.9 Å². The smallest absolute Gasteiger partial charge is 0.274 e. The van der Waals surface area contributed by atoms with Gasteiger partial charge in [-0.2, -0.15) is 5.10 Å². The largest absolute Gasteiger partial charge is 0.381 e. The van der Waals surface area contributed by atoms with Crippen molar-refractivity contribution in [1.29, 1.82) is 0 Å². The van der Waals surface area contributed by atoms with Gasteiger partial charge in [-0.15, -0.1) is 0 Å². The number of amides is 1. The minimum Gasteiger partial charge on any atom is -0.381 e. The number of rotatable bonds is 4. The van der Waals surface area contributed by atoms with E-state index in [0.717, 1.165) is 19.4 Å². The number of nitrogens with zero attached hydrogens (tertiary/aromatic N) is 3. The van der Waals surface area contributed by atoms with E-state index in [1.54, 1.807) is 24.1 Å². The maximum absolute atomic E-state index is 12.7. The molecule has 1 fully saturated rings. The number of likely N-dealkylation sites (tertiary alicyclic amines) is 1. The van der Waals surface area contributed by atoms with Crippen LogP contribution in [0.15, 0.2) is 36.5 Å². The Morgan fingerprint density at radius 3 is 2.88 bits per heavy atom. The number of piperidine rings is 1. The SMILES string of the molecule is CO[C@H]1CCN(C(=O)c2ccn(C)n2)C[C@H]1Cc1cccc(C)c1. The molecule has 2 aromatic rings. The molecule has 5 heteroatoms. The highest BCUT2D eigenvalue weighted by Gasteiger charge is 2.32. The summed E-state index contributed by atoms with van der Waals surface area (Å²) in [5.74, 6) is 0.317. The number of carbonyl (C=O) groups is 1. The normalized spacial score (nSPS) is 21.0. The first-order valence-electron chi connectivity index (χ1n) is 8.44. The predicted molar refractivity (Wildman–Crippen MR) is 92.9 cm³/mol. The molecule has 0 spiro atoms. The van der Waals surface area contributed by atoms with E-state index in [4.69, 9.17) is 4.74 Å². The zero-order valence-electron chi connectivity index (χ0n) is 14.6. The molecule has 1 aromatic heterocycles. The van der Waals surface area contributed by atoms with Gasteiger partial charge in [-0.1, -0.05) is 29.8 Å². The van der Waals surface area contributed by atoms with Crippen LogP contribution < -0.4 is 0 Å². The Morgan fingerprint density at radius 1 is 1.38 bits per heavy atom. The molecule has 24 heavy (non-hydrogen) atoms. The summed E-state index contributed by atoms with van der Waals surface area (Å²) in [5.41, 5.74) is 3.08. The lowest BCUT2D eigenvalue weighted by Gasteiger charge is -2.37. The topological polar surface area (TPSA) is 47.4 Å². The minimum atomic E-state index is 0.0133. The summed E-state index contributed by atoms with van der Waals surface area (Å²) >= 11 is 0. The van der Waals surface area contributed by atoms with E-state index in [-0.39, 0.29) is 12.0 Å². The van der Waals surface area contributed by atoms with Crippen molar-refractivity contribution >= 4 is 5.91 Å². The molecule has 5 nitrogen and oxygen atoms in total. The van der Waals surface area contributed by atoms with Gasteiger partial charge in [0.1, 0.15) is 5.69 Å². The molecule has 0 saturated carbocycles. The first kappa shape index (κ1) is 16.7. The van der Waals surface area contributed by atoms with Crippen molar-refractivity contribution in [3.63, 3.8) is 0 Å². The first-order chi connectivity index (χ1) is 11.6. The molecule has 0 unspecified atom stereocenters. The summed E-state index contributed by atoms with van der Waals surface area (Å²) in [5, 5.41) is 4.24. The second-order valence-corrected chi connectivity index (χ2v) is 6.64. The highest BCUT2D eigenvalue weighted by Crippen LogP contribution is 2.25. The molecule has 3 rings (SSSR count). The van der Waals surface area contributed by atoms with Gasteiger partial charge in [0.05, 0.1) is 6.10 Å². The van der Waals surface area contributed by atoms with Crippen molar-refractivity contribution in [2.75, 3.05) is 20.2 Å². The average molecular weight is 327 g/mol. The highest BCUT2D eigenvalue weighted by molar-refractivity contribution is 5.92. The third-order valence-corrected chi connectivity index (χ3v) is 4.77. The van der Waals surface area contributed by atoms with Gasteiger partial charge >= 0.3 is 0 Å². The van der Waals surface area contributed by atoms with E-state index in [9.17, 15) is 4.79 Å². The van der Waals surface area contributed by atoms with Crippen LogP contribution in [0.3, 0.4) is 0 Å². The fraction of sp³-hybridized carbons (Fsp3) is 0.474. The van der Waals surface area contributed by atoms with Crippen LogP contribution in [0.1, 0.15) is 28.0 Å². The van der Waals surface area contributed by atoms with Crippen LogP contribution in [0.5, 0.6) is 0 Å². The quantitative estimate of drug-likeness (QED) is 0.866. The van der Waals surface area contributed by atoms with Crippen LogP contribution in [0.4, 0.5) is 0 Å². The Labute approximate surface area is 143 Å². The lowest BCUT2D eigenvalue weighted by molar-refractivity contribution is -0.00319. The average Bonchev–Trinajstić information content (AvgIpc) is 3.00. The maximum atomic E-state index is 12.7. The second-order valence-electron chi connectivity index (χ2n) is 6.64. The Bertz CT molecular complexity index is 710. The Balaban J connectivity index is 1.73. The molecule has 0 radical (unpaired) electrons. The van der Waals surface area contributed by atoms with Gasteiger partial charge in [0, 0.05) is 39.4 Å². The van der Waals surface area contributed by atoms with Crippen molar-refractivity contribution in [1.82, 2.24) is 14.7 Å². The van der Waals surface area contributed by atoms with Crippen LogP contribution in [-0.2, 0) is 18.2 Å². The van der Waals surface area contributed by atoms with Gasteiger partial charge in [0.2, 0.25) is 0 Å². The number of aryl methyl sites for hydroxylation is 2. The van der Waals surface area contributed by atoms with Gasteiger partial charge in [0.25, 0.3) is 5.91 Å². The molecule has 1 aliphatic rings. The summed E-state index contributed by atoms with van der Waals surface area (Å²) in [7, 11) is 3.60. The van der Waals surface area contributed by atoms with Crippen molar-refractivity contribution in [2.45, 2.75) is 25.9 Å². The van der Waals surface area contributed by atoms with E-state index in [1.807, 2.05) is 11.9 Å². The second kappa shape index (κ2) is 7.18. The third kappa shape index (κ3) is 3.67. The zero-order chi connectivity index (χ0) is 17.1. The first-order valence-corrected chi connectivity index (χ1v) is 8.44. The molecule has 1 aromatic carbocycles. The van der Waals surface area contributed by atoms with E-state index < -0.39 is 0 Å². The lowest BCUT2D eigenvalue weighted by Crippen LogP contribution is -2.47.